The maximum absolute atomic E-state index is 4.67. The summed E-state index contributed by atoms with van der Waals surface area (Å²) in [5.41, 5.74) is 1.26. The molecule has 0 amide bonds. The predicted octanol–water partition coefficient (Wildman–Crippen LogP) is 2.92. The van der Waals surface area contributed by atoms with Gasteiger partial charge in [0.15, 0.2) is 0 Å². The summed E-state index contributed by atoms with van der Waals surface area (Å²) in [4.78, 5) is 13.9. The maximum atomic E-state index is 4.67. The van der Waals surface area contributed by atoms with Gasteiger partial charge in [-0.05, 0) is 58.5 Å². The van der Waals surface area contributed by atoms with Gasteiger partial charge in [0.1, 0.15) is 11.6 Å². The molecule has 3 heterocycles. The van der Waals surface area contributed by atoms with Crippen molar-refractivity contribution in [1.29, 1.82) is 0 Å². The average Bonchev–Trinajstić information content (AvgIpc) is 3.04. The van der Waals surface area contributed by atoms with Crippen molar-refractivity contribution in [1.82, 2.24) is 19.4 Å². The minimum Gasteiger partial charge on any atom is -0.356 e. The van der Waals surface area contributed by atoms with E-state index in [9.17, 15) is 0 Å². The quantitative estimate of drug-likeness (QED) is 0.817. The third kappa shape index (κ3) is 3.96. The van der Waals surface area contributed by atoms with E-state index >= 15 is 0 Å². The van der Waals surface area contributed by atoms with Gasteiger partial charge < -0.3 is 14.4 Å². The number of hydrogen-bond acceptors (Lipinski definition) is 4. The first-order valence-corrected chi connectivity index (χ1v) is 8.97. The summed E-state index contributed by atoms with van der Waals surface area (Å²) in [5, 5.41) is 0. The molecular formula is C19H29N5. The standard InChI is InChI=1S/C19H29N5/c1-16-6-4-9-20-18(16)24-13-7-17(8-14-24)19-21-10-15-23(19)12-5-11-22(2)3/h4,6,9-10,15,17H,5,7-8,11-14H2,1-3H3. The average molecular weight is 327 g/mol. The van der Waals surface area contributed by atoms with E-state index in [0.717, 1.165) is 44.8 Å². The summed E-state index contributed by atoms with van der Waals surface area (Å²) in [7, 11) is 4.26. The largest absolute Gasteiger partial charge is 0.356 e. The van der Waals surface area contributed by atoms with Crippen molar-refractivity contribution in [2.24, 2.45) is 0 Å². The van der Waals surface area contributed by atoms with Crippen LogP contribution < -0.4 is 4.90 Å². The molecule has 24 heavy (non-hydrogen) atoms. The zero-order chi connectivity index (χ0) is 16.9. The molecule has 1 aliphatic rings. The molecule has 1 fully saturated rings. The van der Waals surface area contributed by atoms with Gasteiger partial charge in [0.25, 0.3) is 0 Å². The van der Waals surface area contributed by atoms with E-state index < -0.39 is 0 Å². The number of anilines is 1. The SMILES string of the molecule is Cc1cccnc1N1CCC(c2nccn2CCCN(C)C)CC1. The van der Waals surface area contributed by atoms with Crippen molar-refractivity contribution in [3.63, 3.8) is 0 Å². The Labute approximate surface area is 145 Å². The molecule has 0 aliphatic carbocycles. The van der Waals surface area contributed by atoms with Crippen molar-refractivity contribution in [2.75, 3.05) is 38.6 Å². The van der Waals surface area contributed by atoms with Crippen molar-refractivity contribution >= 4 is 5.82 Å². The van der Waals surface area contributed by atoms with E-state index in [1.165, 1.54) is 17.8 Å². The van der Waals surface area contributed by atoms with Gasteiger partial charge >= 0.3 is 0 Å². The molecule has 0 spiro atoms. The van der Waals surface area contributed by atoms with Crippen LogP contribution in [0.3, 0.4) is 0 Å². The fourth-order valence-electron chi connectivity index (χ4n) is 3.58. The molecule has 5 nitrogen and oxygen atoms in total. The molecule has 0 atom stereocenters. The lowest BCUT2D eigenvalue weighted by molar-refractivity contribution is 0.380. The Balaban J connectivity index is 1.59. The molecule has 2 aromatic rings. The van der Waals surface area contributed by atoms with Crippen LogP contribution in [0, 0.1) is 6.92 Å². The molecule has 0 bridgehead atoms. The Kier molecular flexibility index (Phi) is 5.51. The van der Waals surface area contributed by atoms with Crippen molar-refractivity contribution in [3.8, 4) is 0 Å². The summed E-state index contributed by atoms with van der Waals surface area (Å²) >= 11 is 0. The van der Waals surface area contributed by atoms with Gasteiger partial charge in [0.2, 0.25) is 0 Å². The highest BCUT2D eigenvalue weighted by atomic mass is 15.2. The fourth-order valence-corrected chi connectivity index (χ4v) is 3.58. The molecule has 1 aliphatic heterocycles. The first kappa shape index (κ1) is 17.0. The minimum atomic E-state index is 0.569. The molecule has 2 aromatic heterocycles. The van der Waals surface area contributed by atoms with E-state index in [1.54, 1.807) is 0 Å². The summed E-state index contributed by atoms with van der Waals surface area (Å²) in [6.07, 6.45) is 9.47. The summed E-state index contributed by atoms with van der Waals surface area (Å²) in [6, 6.07) is 4.15. The second kappa shape index (κ2) is 7.79. The molecular weight excluding hydrogens is 298 g/mol. The van der Waals surface area contributed by atoms with E-state index in [0.29, 0.717) is 5.92 Å². The van der Waals surface area contributed by atoms with Crippen LogP contribution in [0.5, 0.6) is 0 Å². The molecule has 0 N–H and O–H groups in total. The van der Waals surface area contributed by atoms with Crippen molar-refractivity contribution in [3.05, 3.63) is 42.1 Å². The van der Waals surface area contributed by atoms with Crippen LogP contribution in [0.2, 0.25) is 0 Å². The Hall–Kier alpha value is -1.88. The molecule has 0 aromatic carbocycles. The molecule has 130 valence electrons. The van der Waals surface area contributed by atoms with Gasteiger partial charge in [0.05, 0.1) is 0 Å². The van der Waals surface area contributed by atoms with Crippen molar-refractivity contribution < 1.29 is 0 Å². The van der Waals surface area contributed by atoms with Gasteiger partial charge in [-0.25, -0.2) is 9.97 Å². The van der Waals surface area contributed by atoms with E-state index in [-0.39, 0.29) is 0 Å². The molecule has 3 rings (SSSR count). The molecule has 0 saturated carbocycles. The molecule has 1 saturated heterocycles. The monoisotopic (exact) mass is 327 g/mol. The highest BCUT2D eigenvalue weighted by Gasteiger charge is 2.25. The van der Waals surface area contributed by atoms with E-state index in [2.05, 4.69) is 57.6 Å². The highest BCUT2D eigenvalue weighted by Crippen LogP contribution is 2.30. The van der Waals surface area contributed by atoms with Crippen molar-refractivity contribution in [2.45, 2.75) is 38.6 Å². The number of aryl methyl sites for hydroxylation is 2. The lowest BCUT2D eigenvalue weighted by atomic mass is 9.95. The van der Waals surface area contributed by atoms with Crippen LogP contribution in [0.1, 0.15) is 36.6 Å². The molecule has 0 unspecified atom stereocenters. The number of imidazole rings is 1. The van der Waals surface area contributed by atoms with Crippen LogP contribution in [-0.4, -0.2) is 53.2 Å². The summed E-state index contributed by atoms with van der Waals surface area (Å²) in [6.45, 7) is 6.45. The van der Waals surface area contributed by atoms with Gasteiger partial charge in [-0.1, -0.05) is 6.07 Å². The number of hydrogen-bond donors (Lipinski definition) is 0. The molecule has 0 radical (unpaired) electrons. The third-order valence-corrected chi connectivity index (χ3v) is 4.89. The third-order valence-electron chi connectivity index (χ3n) is 4.89. The Morgan fingerprint density at radius 1 is 1.17 bits per heavy atom. The van der Waals surface area contributed by atoms with Crippen LogP contribution >= 0.6 is 0 Å². The number of aromatic nitrogens is 3. The lowest BCUT2D eigenvalue weighted by Gasteiger charge is -2.33. The zero-order valence-corrected chi connectivity index (χ0v) is 15.1. The minimum absolute atomic E-state index is 0.569. The van der Waals surface area contributed by atoms with Gasteiger partial charge in [-0.3, -0.25) is 0 Å². The normalized spacial score (nSPS) is 16.1. The van der Waals surface area contributed by atoms with Crippen LogP contribution in [0.25, 0.3) is 0 Å². The Bertz CT molecular complexity index is 641. The molecule has 5 heteroatoms. The van der Waals surface area contributed by atoms with Crippen LogP contribution in [0.4, 0.5) is 5.82 Å². The topological polar surface area (TPSA) is 37.2 Å². The Morgan fingerprint density at radius 2 is 1.96 bits per heavy atom. The second-order valence-corrected chi connectivity index (χ2v) is 7.04. The fraction of sp³-hybridized carbons (Fsp3) is 0.579. The van der Waals surface area contributed by atoms with Gasteiger partial charge in [-0.2, -0.15) is 0 Å². The first-order valence-electron chi connectivity index (χ1n) is 8.97. The number of piperidine rings is 1. The summed E-state index contributed by atoms with van der Waals surface area (Å²) < 4.78 is 2.36. The van der Waals surface area contributed by atoms with Gasteiger partial charge in [0, 0.05) is 44.1 Å². The number of pyridine rings is 1. The Morgan fingerprint density at radius 3 is 2.67 bits per heavy atom. The van der Waals surface area contributed by atoms with Crippen LogP contribution in [0.15, 0.2) is 30.7 Å². The van der Waals surface area contributed by atoms with Gasteiger partial charge in [-0.15, -0.1) is 0 Å². The lowest BCUT2D eigenvalue weighted by Crippen LogP contribution is -2.34. The number of rotatable bonds is 6. The number of nitrogens with zero attached hydrogens (tertiary/aromatic N) is 5. The predicted molar refractivity (Wildman–Crippen MR) is 98.6 cm³/mol. The second-order valence-electron chi connectivity index (χ2n) is 7.04. The van der Waals surface area contributed by atoms with E-state index in [4.69, 9.17) is 0 Å². The maximum Gasteiger partial charge on any atom is 0.131 e. The zero-order valence-electron chi connectivity index (χ0n) is 15.1. The first-order chi connectivity index (χ1) is 11.6. The van der Waals surface area contributed by atoms with E-state index in [1.807, 2.05) is 18.5 Å². The van der Waals surface area contributed by atoms with Crippen LogP contribution in [-0.2, 0) is 6.54 Å². The smallest absolute Gasteiger partial charge is 0.131 e. The summed E-state index contributed by atoms with van der Waals surface area (Å²) in [5.74, 6) is 2.98. The highest BCUT2D eigenvalue weighted by molar-refractivity contribution is 5.46.